The van der Waals surface area contributed by atoms with Crippen molar-refractivity contribution in [2.45, 2.75) is 25.2 Å². The summed E-state index contributed by atoms with van der Waals surface area (Å²) in [6.07, 6.45) is 4.80. The van der Waals surface area contributed by atoms with Gasteiger partial charge in [0.15, 0.2) is 5.69 Å². The number of carbonyl (C=O) groups is 1. The van der Waals surface area contributed by atoms with Gasteiger partial charge in [-0.2, -0.15) is 4.68 Å². The molecule has 0 bridgehead atoms. The van der Waals surface area contributed by atoms with Crippen LogP contribution >= 0.6 is 11.3 Å². The summed E-state index contributed by atoms with van der Waals surface area (Å²) in [5.41, 5.74) is 0.753. The van der Waals surface area contributed by atoms with Crippen LogP contribution in [0.4, 0.5) is 0 Å². The molecule has 1 aliphatic rings. The maximum absolute atomic E-state index is 11.1. The molecular formula is C10H10N4O2S. The smallest absolute Gasteiger partial charge is 0.358 e. The third kappa shape index (κ3) is 1.62. The second kappa shape index (κ2) is 3.92. The van der Waals surface area contributed by atoms with E-state index in [1.54, 1.807) is 10.9 Å². The highest BCUT2D eigenvalue weighted by atomic mass is 32.1. The Morgan fingerprint density at radius 2 is 2.35 bits per heavy atom. The van der Waals surface area contributed by atoms with Crippen molar-refractivity contribution in [3.05, 3.63) is 23.0 Å². The summed E-state index contributed by atoms with van der Waals surface area (Å²) in [6.45, 7) is 0. The van der Waals surface area contributed by atoms with Crippen LogP contribution in [-0.2, 0) is 0 Å². The Bertz CT molecular complexity index is 545. The number of hydrogen-bond acceptors (Lipinski definition) is 5. The first-order valence-corrected chi connectivity index (χ1v) is 6.24. The molecule has 0 spiro atoms. The van der Waals surface area contributed by atoms with Crippen molar-refractivity contribution in [3.8, 4) is 5.13 Å². The zero-order chi connectivity index (χ0) is 11.8. The van der Waals surface area contributed by atoms with E-state index in [9.17, 15) is 4.79 Å². The minimum atomic E-state index is -1.02. The molecule has 1 aliphatic carbocycles. The normalized spacial score (nSPS) is 15.8. The van der Waals surface area contributed by atoms with Crippen LogP contribution in [0.1, 0.15) is 41.4 Å². The molecule has 0 aromatic carbocycles. The number of aromatic carboxylic acids is 1. The summed E-state index contributed by atoms with van der Waals surface area (Å²) >= 11 is 1.42. The molecule has 2 heterocycles. The van der Waals surface area contributed by atoms with Gasteiger partial charge in [-0.25, -0.2) is 9.78 Å². The second-order valence-corrected chi connectivity index (χ2v) is 4.86. The Morgan fingerprint density at radius 1 is 1.53 bits per heavy atom. The first-order valence-electron chi connectivity index (χ1n) is 5.36. The van der Waals surface area contributed by atoms with E-state index >= 15 is 0 Å². The van der Waals surface area contributed by atoms with E-state index in [1.807, 2.05) is 5.38 Å². The molecule has 0 aliphatic heterocycles. The van der Waals surface area contributed by atoms with Crippen molar-refractivity contribution < 1.29 is 9.90 Å². The Kier molecular flexibility index (Phi) is 2.40. The molecule has 1 fully saturated rings. The van der Waals surface area contributed by atoms with E-state index in [0.717, 1.165) is 19.3 Å². The van der Waals surface area contributed by atoms with Crippen LogP contribution < -0.4 is 0 Å². The van der Waals surface area contributed by atoms with Crippen LogP contribution in [0.2, 0.25) is 0 Å². The molecule has 0 radical (unpaired) electrons. The van der Waals surface area contributed by atoms with E-state index in [-0.39, 0.29) is 11.6 Å². The number of carboxylic acid groups (broad SMARTS) is 1. The highest BCUT2D eigenvalue weighted by Crippen LogP contribution is 2.38. The fraction of sp³-hybridized carbons (Fsp3) is 0.400. The van der Waals surface area contributed by atoms with E-state index in [2.05, 4.69) is 15.3 Å². The molecule has 0 amide bonds. The zero-order valence-corrected chi connectivity index (χ0v) is 9.72. The first-order chi connectivity index (χ1) is 8.27. The van der Waals surface area contributed by atoms with Crippen molar-refractivity contribution in [2.75, 3.05) is 0 Å². The molecule has 0 saturated heterocycles. The average molecular weight is 250 g/mol. The predicted molar refractivity (Wildman–Crippen MR) is 60.6 cm³/mol. The molecule has 1 saturated carbocycles. The highest BCUT2D eigenvalue weighted by Gasteiger charge is 2.31. The number of hydrogen-bond donors (Lipinski definition) is 1. The SMILES string of the molecule is O=C(O)c1nnn(-c2nccs2)c1C1CCC1. The number of aromatic nitrogens is 4. The maximum Gasteiger partial charge on any atom is 0.358 e. The Balaban J connectivity index is 2.12. The topological polar surface area (TPSA) is 80.9 Å². The van der Waals surface area contributed by atoms with Crippen molar-refractivity contribution in [2.24, 2.45) is 0 Å². The minimum Gasteiger partial charge on any atom is -0.476 e. The van der Waals surface area contributed by atoms with Gasteiger partial charge in [-0.3, -0.25) is 0 Å². The second-order valence-electron chi connectivity index (χ2n) is 3.98. The van der Waals surface area contributed by atoms with E-state index in [4.69, 9.17) is 5.11 Å². The lowest BCUT2D eigenvalue weighted by Crippen LogP contribution is -2.17. The maximum atomic E-state index is 11.1. The monoisotopic (exact) mass is 250 g/mol. The van der Waals surface area contributed by atoms with Crippen molar-refractivity contribution in [3.63, 3.8) is 0 Å². The number of rotatable bonds is 3. The summed E-state index contributed by atoms with van der Waals surface area (Å²) in [6, 6.07) is 0. The minimum absolute atomic E-state index is 0.0601. The van der Waals surface area contributed by atoms with Gasteiger partial charge in [0.1, 0.15) is 0 Å². The van der Waals surface area contributed by atoms with E-state index in [1.165, 1.54) is 11.3 Å². The average Bonchev–Trinajstić information content (AvgIpc) is 2.80. The van der Waals surface area contributed by atoms with Crippen LogP contribution in [0, 0.1) is 0 Å². The van der Waals surface area contributed by atoms with E-state index in [0.29, 0.717) is 10.8 Å². The fourth-order valence-electron chi connectivity index (χ4n) is 1.95. The lowest BCUT2D eigenvalue weighted by atomic mass is 9.82. The van der Waals surface area contributed by atoms with Crippen LogP contribution in [0.15, 0.2) is 11.6 Å². The molecule has 3 rings (SSSR count). The number of carboxylic acids is 1. The highest BCUT2D eigenvalue weighted by molar-refractivity contribution is 7.12. The predicted octanol–water partition coefficient (Wildman–Crippen LogP) is 1.69. The standard InChI is InChI=1S/C10H10N4O2S/c15-9(16)7-8(6-2-1-3-6)14(13-12-7)10-11-4-5-17-10/h4-6H,1-3H2,(H,15,16). The molecule has 0 atom stereocenters. The Morgan fingerprint density at radius 3 is 2.88 bits per heavy atom. The summed E-state index contributed by atoms with van der Waals surface area (Å²) < 4.78 is 1.57. The van der Waals surface area contributed by atoms with Gasteiger partial charge >= 0.3 is 5.97 Å². The zero-order valence-electron chi connectivity index (χ0n) is 8.91. The summed E-state index contributed by atoms with van der Waals surface area (Å²) in [5, 5.41) is 19.3. The number of nitrogens with zero attached hydrogens (tertiary/aromatic N) is 4. The molecular weight excluding hydrogens is 240 g/mol. The van der Waals surface area contributed by atoms with Crippen LogP contribution in [0.5, 0.6) is 0 Å². The summed E-state index contributed by atoms with van der Waals surface area (Å²) in [5.74, 6) is -0.769. The van der Waals surface area contributed by atoms with Crippen LogP contribution in [0.25, 0.3) is 5.13 Å². The van der Waals surface area contributed by atoms with Crippen molar-refractivity contribution >= 4 is 17.3 Å². The number of thiazole rings is 1. The molecule has 1 N–H and O–H groups in total. The first kappa shape index (κ1) is 10.4. The Hall–Kier alpha value is -1.76. The van der Waals surface area contributed by atoms with Crippen LogP contribution in [0.3, 0.4) is 0 Å². The van der Waals surface area contributed by atoms with Crippen molar-refractivity contribution in [1.29, 1.82) is 0 Å². The van der Waals surface area contributed by atoms with Gasteiger partial charge in [0, 0.05) is 17.5 Å². The molecule has 2 aromatic rings. The van der Waals surface area contributed by atoms with Gasteiger partial charge in [-0.1, -0.05) is 11.6 Å². The lowest BCUT2D eigenvalue weighted by molar-refractivity contribution is 0.0687. The van der Waals surface area contributed by atoms with Gasteiger partial charge < -0.3 is 5.11 Å². The quantitative estimate of drug-likeness (QED) is 0.896. The van der Waals surface area contributed by atoms with Crippen LogP contribution in [-0.4, -0.2) is 31.1 Å². The molecule has 6 nitrogen and oxygen atoms in total. The fourth-order valence-corrected chi connectivity index (χ4v) is 2.55. The molecule has 17 heavy (non-hydrogen) atoms. The molecule has 0 unspecified atom stereocenters. The van der Waals surface area contributed by atoms with Gasteiger partial charge in [0.25, 0.3) is 0 Å². The van der Waals surface area contributed by atoms with Gasteiger partial charge in [0.05, 0.1) is 5.69 Å². The van der Waals surface area contributed by atoms with Crippen molar-refractivity contribution in [1.82, 2.24) is 20.0 Å². The van der Waals surface area contributed by atoms with Gasteiger partial charge in [0.2, 0.25) is 5.13 Å². The van der Waals surface area contributed by atoms with Gasteiger partial charge in [-0.15, -0.1) is 16.4 Å². The Labute approximate surface area is 101 Å². The summed E-state index contributed by atoms with van der Waals surface area (Å²) in [4.78, 5) is 15.3. The molecule has 2 aromatic heterocycles. The lowest BCUT2D eigenvalue weighted by Gasteiger charge is -2.25. The largest absolute Gasteiger partial charge is 0.476 e. The van der Waals surface area contributed by atoms with E-state index < -0.39 is 5.97 Å². The summed E-state index contributed by atoms with van der Waals surface area (Å²) in [7, 11) is 0. The molecule has 7 heteroatoms. The third-order valence-electron chi connectivity index (χ3n) is 3.00. The molecule has 88 valence electrons. The van der Waals surface area contributed by atoms with Gasteiger partial charge in [-0.05, 0) is 12.8 Å². The third-order valence-corrected chi connectivity index (χ3v) is 3.75.